The van der Waals surface area contributed by atoms with Crippen LogP contribution in [0.4, 0.5) is 0 Å². The summed E-state index contributed by atoms with van der Waals surface area (Å²) in [7, 11) is 0. The SMILES string of the molecule is CC1(C)c2ccccc2-c2cc3c(-c4ccc5ccc6cccc7ccc4c5c67)c4ccccc4c(-c4cccc5ccccc45)c3cc21. The Morgan fingerprint density at radius 3 is 1.63 bits per heavy atom. The number of benzene rings is 10. The summed E-state index contributed by atoms with van der Waals surface area (Å²) in [5.74, 6) is 0. The molecule has 0 radical (unpaired) electrons. The van der Waals surface area contributed by atoms with Crippen molar-refractivity contribution in [3.05, 3.63) is 169 Å². The molecular formula is C49H32. The van der Waals surface area contributed by atoms with E-state index in [2.05, 4.69) is 172 Å². The highest BCUT2D eigenvalue weighted by atomic mass is 14.4. The molecule has 11 rings (SSSR count). The third kappa shape index (κ3) is 3.53. The Balaban J connectivity index is 1.37. The highest BCUT2D eigenvalue weighted by Gasteiger charge is 2.36. The first-order chi connectivity index (χ1) is 24.1. The van der Waals surface area contributed by atoms with Crippen molar-refractivity contribution in [3.8, 4) is 33.4 Å². The fraction of sp³-hybridized carbons (Fsp3) is 0.0612. The molecule has 0 heterocycles. The van der Waals surface area contributed by atoms with Crippen LogP contribution in [0.3, 0.4) is 0 Å². The maximum Gasteiger partial charge on any atom is 0.0159 e. The summed E-state index contributed by atoms with van der Waals surface area (Å²) in [5.41, 5.74) is 10.6. The lowest BCUT2D eigenvalue weighted by molar-refractivity contribution is 0.661. The maximum atomic E-state index is 2.55. The van der Waals surface area contributed by atoms with Crippen molar-refractivity contribution in [2.75, 3.05) is 0 Å². The van der Waals surface area contributed by atoms with E-state index < -0.39 is 0 Å². The summed E-state index contributed by atoms with van der Waals surface area (Å²) in [6.45, 7) is 4.79. The molecule has 0 unspecified atom stereocenters. The number of hydrogen-bond donors (Lipinski definition) is 0. The van der Waals surface area contributed by atoms with E-state index in [1.54, 1.807) is 0 Å². The van der Waals surface area contributed by atoms with Gasteiger partial charge in [0, 0.05) is 5.41 Å². The molecule has 10 aromatic carbocycles. The number of rotatable bonds is 2. The average Bonchev–Trinajstić information content (AvgIpc) is 3.37. The molecule has 1 aliphatic carbocycles. The first kappa shape index (κ1) is 27.0. The molecule has 0 fully saturated rings. The quantitative estimate of drug-likeness (QED) is 0.133. The van der Waals surface area contributed by atoms with Crippen LogP contribution in [0.2, 0.25) is 0 Å². The van der Waals surface area contributed by atoms with Gasteiger partial charge in [-0.15, -0.1) is 0 Å². The summed E-state index contributed by atoms with van der Waals surface area (Å²) in [5, 5.41) is 15.7. The predicted octanol–water partition coefficient (Wildman–Crippen LogP) is 13.7. The lowest BCUT2D eigenvalue weighted by Gasteiger charge is -2.24. The molecule has 228 valence electrons. The van der Waals surface area contributed by atoms with Crippen LogP contribution in [0.15, 0.2) is 158 Å². The maximum absolute atomic E-state index is 2.55. The summed E-state index contributed by atoms with van der Waals surface area (Å²) in [4.78, 5) is 0. The Morgan fingerprint density at radius 1 is 0.306 bits per heavy atom. The molecule has 0 aromatic heterocycles. The van der Waals surface area contributed by atoms with Gasteiger partial charge in [0.15, 0.2) is 0 Å². The summed E-state index contributed by atoms with van der Waals surface area (Å²) >= 11 is 0. The van der Waals surface area contributed by atoms with E-state index in [-0.39, 0.29) is 5.41 Å². The smallest absolute Gasteiger partial charge is 0.0159 e. The summed E-state index contributed by atoms with van der Waals surface area (Å²) in [6.07, 6.45) is 0. The lowest BCUT2D eigenvalue weighted by Crippen LogP contribution is -2.14. The Morgan fingerprint density at radius 2 is 0.837 bits per heavy atom. The fourth-order valence-corrected chi connectivity index (χ4v) is 9.35. The third-order valence-electron chi connectivity index (χ3n) is 11.6. The van der Waals surface area contributed by atoms with Crippen molar-refractivity contribution in [1.29, 1.82) is 0 Å². The molecule has 0 amide bonds. The first-order valence-electron chi connectivity index (χ1n) is 17.4. The van der Waals surface area contributed by atoms with Gasteiger partial charge in [0.05, 0.1) is 0 Å². The van der Waals surface area contributed by atoms with Crippen molar-refractivity contribution in [2.24, 2.45) is 0 Å². The minimum Gasteiger partial charge on any atom is -0.0619 e. The molecule has 1 aliphatic rings. The zero-order valence-electron chi connectivity index (χ0n) is 27.5. The molecule has 0 saturated carbocycles. The number of fused-ring (bicyclic) bond motifs is 6. The Labute approximate surface area is 285 Å². The van der Waals surface area contributed by atoms with Crippen LogP contribution in [0.5, 0.6) is 0 Å². The van der Waals surface area contributed by atoms with E-state index in [4.69, 9.17) is 0 Å². The highest BCUT2D eigenvalue weighted by molar-refractivity contribution is 6.30. The van der Waals surface area contributed by atoms with Crippen molar-refractivity contribution >= 4 is 64.6 Å². The molecule has 0 heteroatoms. The van der Waals surface area contributed by atoms with Gasteiger partial charge in [0.25, 0.3) is 0 Å². The molecule has 0 saturated heterocycles. The highest BCUT2D eigenvalue weighted by Crippen LogP contribution is 2.54. The Kier molecular flexibility index (Phi) is 5.27. The van der Waals surface area contributed by atoms with Gasteiger partial charge in [-0.25, -0.2) is 0 Å². The normalized spacial score (nSPS) is 13.7. The van der Waals surface area contributed by atoms with Gasteiger partial charge in [-0.05, 0) is 121 Å². The van der Waals surface area contributed by atoms with E-state index in [0.29, 0.717) is 0 Å². The van der Waals surface area contributed by atoms with Crippen LogP contribution in [0, 0.1) is 0 Å². The monoisotopic (exact) mass is 620 g/mol. The molecule has 0 N–H and O–H groups in total. The molecule has 0 spiro atoms. The van der Waals surface area contributed by atoms with Crippen molar-refractivity contribution in [3.63, 3.8) is 0 Å². The van der Waals surface area contributed by atoms with Gasteiger partial charge >= 0.3 is 0 Å². The molecule has 0 aliphatic heterocycles. The predicted molar refractivity (Wildman–Crippen MR) is 211 cm³/mol. The molecule has 49 heavy (non-hydrogen) atoms. The Bertz CT molecular complexity index is 2990. The second-order valence-corrected chi connectivity index (χ2v) is 14.4. The van der Waals surface area contributed by atoms with Crippen LogP contribution in [0.25, 0.3) is 98.0 Å². The van der Waals surface area contributed by atoms with Crippen molar-refractivity contribution in [2.45, 2.75) is 19.3 Å². The van der Waals surface area contributed by atoms with E-state index in [9.17, 15) is 0 Å². The first-order valence-corrected chi connectivity index (χ1v) is 17.4. The second kappa shape index (κ2) is 9.56. The van der Waals surface area contributed by atoms with Crippen LogP contribution in [-0.2, 0) is 5.41 Å². The van der Waals surface area contributed by atoms with Crippen molar-refractivity contribution < 1.29 is 0 Å². The number of hydrogen-bond acceptors (Lipinski definition) is 0. The largest absolute Gasteiger partial charge is 0.0619 e. The zero-order valence-corrected chi connectivity index (χ0v) is 27.5. The molecule has 0 atom stereocenters. The molecule has 10 aromatic rings. The molecular weight excluding hydrogens is 589 g/mol. The minimum absolute atomic E-state index is 0.102. The van der Waals surface area contributed by atoms with Gasteiger partial charge in [-0.3, -0.25) is 0 Å². The Hall–Kier alpha value is -5.98. The standard InChI is InChI=1S/C49H32/c1-49(2)43-20-8-7-16-34(43)40-27-41-42(28-44(40)49)47(35-19-10-12-29-11-3-4-15-33(29)35)36-17-5-6-18-37(36)48(41)39-26-24-32-22-21-30-13-9-14-31-23-25-38(39)46(32)45(30)31/h3-28H,1-2H3. The zero-order chi connectivity index (χ0) is 32.4. The molecule has 0 bridgehead atoms. The molecule has 0 nitrogen and oxygen atoms in total. The van der Waals surface area contributed by atoms with E-state index in [1.807, 2.05) is 0 Å². The van der Waals surface area contributed by atoms with E-state index in [0.717, 1.165) is 0 Å². The van der Waals surface area contributed by atoms with Gasteiger partial charge in [0.1, 0.15) is 0 Å². The minimum atomic E-state index is -0.102. The van der Waals surface area contributed by atoms with Crippen molar-refractivity contribution in [1.82, 2.24) is 0 Å². The average molecular weight is 621 g/mol. The fourth-order valence-electron chi connectivity index (χ4n) is 9.35. The third-order valence-corrected chi connectivity index (χ3v) is 11.6. The van der Waals surface area contributed by atoms with Gasteiger partial charge < -0.3 is 0 Å². The summed E-state index contributed by atoms with van der Waals surface area (Å²) < 4.78 is 0. The van der Waals surface area contributed by atoms with Crippen LogP contribution in [-0.4, -0.2) is 0 Å². The van der Waals surface area contributed by atoms with Crippen LogP contribution in [0.1, 0.15) is 25.0 Å². The van der Waals surface area contributed by atoms with Gasteiger partial charge in [-0.1, -0.05) is 159 Å². The van der Waals surface area contributed by atoms with Crippen LogP contribution >= 0.6 is 0 Å². The van der Waals surface area contributed by atoms with Crippen LogP contribution < -0.4 is 0 Å². The second-order valence-electron chi connectivity index (χ2n) is 14.4. The topological polar surface area (TPSA) is 0 Å². The van der Waals surface area contributed by atoms with Gasteiger partial charge in [-0.2, -0.15) is 0 Å². The van der Waals surface area contributed by atoms with Gasteiger partial charge in [0.2, 0.25) is 0 Å². The summed E-state index contributed by atoms with van der Waals surface area (Å²) in [6, 6.07) is 59.5. The lowest BCUT2D eigenvalue weighted by atomic mass is 9.78. The van der Waals surface area contributed by atoms with E-state index in [1.165, 1.54) is 109 Å². The van der Waals surface area contributed by atoms with E-state index >= 15 is 0 Å².